The standard InChI is InChI=1S/C15H21ClN4O4/c16-11-4-1-3-10(7-11)8-24-9-13(21)20-12(14(22)23)5-2-6-19-15(17)18/h1,3-4,7,12H,2,5-6,8-9H2,(H,20,21)(H,22,23)(H4,17,18,19)/t12-/m0/s1. The van der Waals surface area contributed by atoms with E-state index < -0.39 is 17.9 Å². The van der Waals surface area contributed by atoms with Crippen molar-refractivity contribution in [1.82, 2.24) is 5.32 Å². The second-order valence-corrected chi connectivity index (χ2v) is 5.47. The Balaban J connectivity index is 2.34. The third-order valence-electron chi connectivity index (χ3n) is 2.97. The summed E-state index contributed by atoms with van der Waals surface area (Å²) in [6.45, 7) is 0.258. The molecule has 0 aromatic heterocycles. The van der Waals surface area contributed by atoms with Crippen molar-refractivity contribution in [3.8, 4) is 0 Å². The molecule has 0 aliphatic carbocycles. The number of ether oxygens (including phenoxy) is 1. The van der Waals surface area contributed by atoms with Crippen LogP contribution in [0.25, 0.3) is 0 Å². The van der Waals surface area contributed by atoms with Gasteiger partial charge in [0, 0.05) is 11.6 Å². The molecule has 0 spiro atoms. The van der Waals surface area contributed by atoms with E-state index in [-0.39, 0.29) is 25.6 Å². The minimum absolute atomic E-state index is 0.0553. The summed E-state index contributed by atoms with van der Waals surface area (Å²) >= 11 is 5.85. The molecule has 1 rings (SSSR count). The molecule has 0 radical (unpaired) electrons. The fourth-order valence-corrected chi connectivity index (χ4v) is 2.10. The molecule has 1 aromatic carbocycles. The monoisotopic (exact) mass is 356 g/mol. The molecule has 8 nitrogen and oxygen atoms in total. The minimum Gasteiger partial charge on any atom is -0.480 e. The zero-order valence-electron chi connectivity index (χ0n) is 13.1. The van der Waals surface area contributed by atoms with E-state index in [2.05, 4.69) is 10.3 Å². The Bertz CT molecular complexity index is 591. The van der Waals surface area contributed by atoms with Gasteiger partial charge in [-0.05, 0) is 30.5 Å². The summed E-state index contributed by atoms with van der Waals surface area (Å²) < 4.78 is 5.26. The van der Waals surface area contributed by atoms with Crippen molar-refractivity contribution in [2.75, 3.05) is 13.2 Å². The van der Waals surface area contributed by atoms with Gasteiger partial charge in [-0.3, -0.25) is 9.79 Å². The molecular weight excluding hydrogens is 336 g/mol. The maximum absolute atomic E-state index is 11.8. The molecule has 6 N–H and O–H groups in total. The number of carbonyl (C=O) groups is 2. The highest BCUT2D eigenvalue weighted by molar-refractivity contribution is 6.30. The summed E-state index contributed by atoms with van der Waals surface area (Å²) in [5.74, 6) is -1.69. The number of halogens is 1. The molecule has 1 amide bonds. The predicted molar refractivity (Wildman–Crippen MR) is 90.6 cm³/mol. The first-order valence-electron chi connectivity index (χ1n) is 7.28. The van der Waals surface area contributed by atoms with Gasteiger partial charge in [0.05, 0.1) is 6.61 Å². The molecule has 0 fully saturated rings. The Morgan fingerprint density at radius 2 is 2.12 bits per heavy atom. The number of carboxylic acids is 1. The zero-order chi connectivity index (χ0) is 17.9. The number of rotatable bonds is 10. The Kier molecular flexibility index (Phi) is 8.59. The number of nitrogens with one attached hydrogen (secondary N) is 1. The van der Waals surface area contributed by atoms with Crippen LogP contribution in [-0.4, -0.2) is 42.1 Å². The summed E-state index contributed by atoms with van der Waals surface area (Å²) in [4.78, 5) is 26.7. The van der Waals surface area contributed by atoms with E-state index in [0.717, 1.165) is 5.56 Å². The Hall–Kier alpha value is -2.32. The number of nitrogens with zero attached hydrogens (tertiary/aromatic N) is 1. The number of aliphatic carboxylic acids is 1. The molecule has 1 aromatic rings. The van der Waals surface area contributed by atoms with E-state index >= 15 is 0 Å². The highest BCUT2D eigenvalue weighted by atomic mass is 35.5. The Morgan fingerprint density at radius 3 is 2.75 bits per heavy atom. The summed E-state index contributed by atoms with van der Waals surface area (Å²) in [7, 11) is 0. The highest BCUT2D eigenvalue weighted by Gasteiger charge is 2.19. The number of guanidine groups is 1. The highest BCUT2D eigenvalue weighted by Crippen LogP contribution is 2.11. The summed E-state index contributed by atoms with van der Waals surface area (Å²) in [6, 6.07) is 6.04. The van der Waals surface area contributed by atoms with Crippen molar-refractivity contribution in [3.05, 3.63) is 34.9 Å². The average Bonchev–Trinajstić information content (AvgIpc) is 2.50. The number of carbonyl (C=O) groups excluding carboxylic acids is 1. The quantitative estimate of drug-likeness (QED) is 0.273. The first-order chi connectivity index (χ1) is 11.4. The smallest absolute Gasteiger partial charge is 0.326 e. The van der Waals surface area contributed by atoms with Gasteiger partial charge in [-0.25, -0.2) is 4.79 Å². The molecule has 0 aliphatic rings. The number of aliphatic imine (C=N–C) groups is 1. The van der Waals surface area contributed by atoms with Crippen LogP contribution in [0.15, 0.2) is 29.3 Å². The molecule has 132 valence electrons. The molecule has 0 aliphatic heterocycles. The van der Waals surface area contributed by atoms with Gasteiger partial charge in [-0.15, -0.1) is 0 Å². The first kappa shape index (κ1) is 19.7. The number of carboxylic acid groups (broad SMARTS) is 1. The van der Waals surface area contributed by atoms with Crippen LogP contribution in [0.2, 0.25) is 5.02 Å². The average molecular weight is 357 g/mol. The molecule has 0 heterocycles. The molecule has 0 bridgehead atoms. The third-order valence-corrected chi connectivity index (χ3v) is 3.20. The van der Waals surface area contributed by atoms with Crippen molar-refractivity contribution < 1.29 is 19.4 Å². The fourth-order valence-electron chi connectivity index (χ4n) is 1.89. The lowest BCUT2D eigenvalue weighted by molar-refractivity contribution is -0.142. The number of nitrogens with two attached hydrogens (primary N) is 2. The topological polar surface area (TPSA) is 140 Å². The molecule has 9 heteroatoms. The van der Waals surface area contributed by atoms with Gasteiger partial charge in [-0.2, -0.15) is 0 Å². The van der Waals surface area contributed by atoms with Crippen molar-refractivity contribution >= 4 is 29.4 Å². The normalized spacial score (nSPS) is 11.5. The second-order valence-electron chi connectivity index (χ2n) is 5.03. The molecule has 0 saturated heterocycles. The van der Waals surface area contributed by atoms with Gasteiger partial charge in [0.1, 0.15) is 12.6 Å². The summed E-state index contributed by atoms with van der Waals surface area (Å²) in [5, 5.41) is 12.1. The van der Waals surface area contributed by atoms with Gasteiger partial charge in [-0.1, -0.05) is 23.7 Å². The maximum Gasteiger partial charge on any atom is 0.326 e. The van der Waals surface area contributed by atoms with Crippen LogP contribution in [0.1, 0.15) is 18.4 Å². The fraction of sp³-hybridized carbons (Fsp3) is 0.400. The Labute approximate surface area is 144 Å². The van der Waals surface area contributed by atoms with Gasteiger partial charge in [0.2, 0.25) is 5.91 Å². The van der Waals surface area contributed by atoms with Gasteiger partial charge >= 0.3 is 5.97 Å². The van der Waals surface area contributed by atoms with Crippen LogP contribution in [0.3, 0.4) is 0 Å². The van der Waals surface area contributed by atoms with Crippen molar-refractivity contribution in [2.45, 2.75) is 25.5 Å². The first-order valence-corrected chi connectivity index (χ1v) is 7.66. The number of hydrogen-bond donors (Lipinski definition) is 4. The summed E-state index contributed by atoms with van der Waals surface area (Å²) in [6.07, 6.45) is 0.644. The molecule has 0 saturated carbocycles. The summed E-state index contributed by atoms with van der Waals surface area (Å²) in [5.41, 5.74) is 11.2. The number of benzene rings is 1. The van der Waals surface area contributed by atoms with E-state index in [9.17, 15) is 9.59 Å². The molecule has 1 atom stereocenters. The molecule has 0 unspecified atom stereocenters. The van der Waals surface area contributed by atoms with Crippen LogP contribution in [0, 0.1) is 0 Å². The van der Waals surface area contributed by atoms with Crippen LogP contribution in [-0.2, 0) is 20.9 Å². The van der Waals surface area contributed by atoms with Crippen LogP contribution in [0.4, 0.5) is 0 Å². The van der Waals surface area contributed by atoms with Crippen LogP contribution >= 0.6 is 11.6 Å². The van der Waals surface area contributed by atoms with Gasteiger partial charge in [0.15, 0.2) is 5.96 Å². The van der Waals surface area contributed by atoms with Crippen LogP contribution < -0.4 is 16.8 Å². The number of amides is 1. The second kappa shape index (κ2) is 10.5. The van der Waals surface area contributed by atoms with Gasteiger partial charge in [0.25, 0.3) is 0 Å². The third kappa shape index (κ3) is 8.35. The van der Waals surface area contributed by atoms with E-state index in [0.29, 0.717) is 18.0 Å². The SMILES string of the molecule is NC(N)=NCCC[C@H](NC(=O)COCc1cccc(Cl)c1)C(=O)O. The lowest BCUT2D eigenvalue weighted by atomic mass is 10.1. The molecular formula is C15H21ClN4O4. The van der Waals surface area contributed by atoms with Crippen molar-refractivity contribution in [3.63, 3.8) is 0 Å². The zero-order valence-corrected chi connectivity index (χ0v) is 13.8. The Morgan fingerprint density at radius 1 is 1.38 bits per heavy atom. The number of hydrogen-bond acceptors (Lipinski definition) is 4. The van der Waals surface area contributed by atoms with Crippen LogP contribution in [0.5, 0.6) is 0 Å². The lowest BCUT2D eigenvalue weighted by Crippen LogP contribution is -2.42. The van der Waals surface area contributed by atoms with E-state index in [1.807, 2.05) is 6.07 Å². The van der Waals surface area contributed by atoms with Crippen molar-refractivity contribution in [2.24, 2.45) is 16.5 Å². The minimum atomic E-state index is -1.12. The maximum atomic E-state index is 11.8. The van der Waals surface area contributed by atoms with Gasteiger partial charge < -0.3 is 26.6 Å². The van der Waals surface area contributed by atoms with Crippen molar-refractivity contribution in [1.29, 1.82) is 0 Å². The van der Waals surface area contributed by atoms with E-state index in [1.54, 1.807) is 18.2 Å². The molecule has 24 heavy (non-hydrogen) atoms. The lowest BCUT2D eigenvalue weighted by Gasteiger charge is -2.14. The predicted octanol–water partition coefficient (Wildman–Crippen LogP) is 0.480. The van der Waals surface area contributed by atoms with E-state index in [4.69, 9.17) is 32.9 Å². The van der Waals surface area contributed by atoms with E-state index in [1.165, 1.54) is 0 Å². The largest absolute Gasteiger partial charge is 0.480 e.